The van der Waals surface area contributed by atoms with Crippen LogP contribution in [0.1, 0.15) is 19.8 Å². The summed E-state index contributed by atoms with van der Waals surface area (Å²) in [5.74, 6) is 0. The van der Waals surface area contributed by atoms with Crippen LogP contribution in [0, 0.1) is 0 Å². The molecular formula is C10H22N2O. The molecule has 1 unspecified atom stereocenters. The largest absolute Gasteiger partial charge is 0.380 e. The third kappa shape index (κ3) is 4.60. The molecule has 3 heteroatoms. The van der Waals surface area contributed by atoms with E-state index in [1.54, 1.807) is 0 Å². The fraction of sp³-hybridized carbons (Fsp3) is 1.00. The van der Waals surface area contributed by atoms with Gasteiger partial charge in [-0.25, -0.2) is 0 Å². The zero-order valence-corrected chi connectivity index (χ0v) is 8.88. The summed E-state index contributed by atoms with van der Waals surface area (Å²) in [4.78, 5) is 2.32. The van der Waals surface area contributed by atoms with Crippen molar-refractivity contribution in [3.05, 3.63) is 0 Å². The Kier molecular flexibility index (Phi) is 5.35. The second-order valence-electron chi connectivity index (χ2n) is 3.76. The number of hydrogen-bond donors (Lipinski definition) is 1. The normalized spacial score (nSPS) is 23.8. The summed E-state index contributed by atoms with van der Waals surface area (Å²) in [6.07, 6.45) is 2.48. The number of rotatable bonds is 5. The molecule has 0 radical (unpaired) electrons. The van der Waals surface area contributed by atoms with Crippen LogP contribution in [0.3, 0.4) is 0 Å². The van der Waals surface area contributed by atoms with E-state index >= 15 is 0 Å². The molecular weight excluding hydrogens is 164 g/mol. The maximum atomic E-state index is 5.39. The lowest BCUT2D eigenvalue weighted by molar-refractivity contribution is 0.0698. The molecule has 1 aliphatic heterocycles. The third-order valence-corrected chi connectivity index (χ3v) is 2.63. The summed E-state index contributed by atoms with van der Waals surface area (Å²) >= 11 is 0. The predicted molar refractivity (Wildman–Crippen MR) is 55.0 cm³/mol. The zero-order valence-electron chi connectivity index (χ0n) is 8.88. The first kappa shape index (κ1) is 11.0. The van der Waals surface area contributed by atoms with Crippen molar-refractivity contribution in [2.24, 2.45) is 0 Å². The number of nitrogens with zero attached hydrogens (tertiary/aromatic N) is 1. The molecule has 1 saturated heterocycles. The average molecular weight is 186 g/mol. The summed E-state index contributed by atoms with van der Waals surface area (Å²) in [6, 6.07) is 0.596. The Morgan fingerprint density at radius 1 is 1.54 bits per heavy atom. The highest BCUT2D eigenvalue weighted by molar-refractivity contribution is 4.70. The van der Waals surface area contributed by atoms with Crippen LogP contribution in [0.15, 0.2) is 0 Å². The quantitative estimate of drug-likeness (QED) is 0.684. The minimum atomic E-state index is 0.596. The van der Waals surface area contributed by atoms with Gasteiger partial charge in [0.15, 0.2) is 0 Å². The van der Waals surface area contributed by atoms with E-state index in [0.29, 0.717) is 6.04 Å². The van der Waals surface area contributed by atoms with Gasteiger partial charge >= 0.3 is 0 Å². The molecule has 1 fully saturated rings. The standard InChI is InChI=1S/C10H22N2O/c1-3-12(2)7-6-11-10-5-4-8-13-9-10/h10-11H,3-9H2,1-2H3. The highest BCUT2D eigenvalue weighted by Gasteiger charge is 2.12. The second-order valence-corrected chi connectivity index (χ2v) is 3.76. The Hall–Kier alpha value is -0.120. The minimum absolute atomic E-state index is 0.596. The monoisotopic (exact) mass is 186 g/mol. The molecule has 78 valence electrons. The number of nitrogens with one attached hydrogen (secondary N) is 1. The van der Waals surface area contributed by atoms with Crippen molar-refractivity contribution in [1.82, 2.24) is 10.2 Å². The summed E-state index contributed by atoms with van der Waals surface area (Å²) in [5, 5.41) is 3.52. The number of hydrogen-bond acceptors (Lipinski definition) is 3. The molecule has 0 aromatic rings. The molecule has 0 aromatic heterocycles. The van der Waals surface area contributed by atoms with Crippen molar-refractivity contribution < 1.29 is 4.74 Å². The average Bonchev–Trinajstić information content (AvgIpc) is 2.19. The lowest BCUT2D eigenvalue weighted by Crippen LogP contribution is -2.40. The van der Waals surface area contributed by atoms with Crippen LogP contribution in [-0.2, 0) is 4.74 Å². The van der Waals surface area contributed by atoms with Crippen molar-refractivity contribution in [2.75, 3.05) is 39.9 Å². The first-order chi connectivity index (χ1) is 6.33. The van der Waals surface area contributed by atoms with E-state index < -0.39 is 0 Å². The summed E-state index contributed by atoms with van der Waals surface area (Å²) in [6.45, 7) is 7.38. The topological polar surface area (TPSA) is 24.5 Å². The van der Waals surface area contributed by atoms with Crippen LogP contribution >= 0.6 is 0 Å². The Bertz CT molecular complexity index is 124. The fourth-order valence-corrected chi connectivity index (χ4v) is 1.52. The molecule has 1 atom stereocenters. The molecule has 0 amide bonds. The van der Waals surface area contributed by atoms with E-state index in [1.807, 2.05) is 0 Å². The van der Waals surface area contributed by atoms with Gasteiger partial charge in [0.05, 0.1) is 6.61 Å². The number of ether oxygens (including phenoxy) is 1. The van der Waals surface area contributed by atoms with Gasteiger partial charge in [0.1, 0.15) is 0 Å². The van der Waals surface area contributed by atoms with E-state index in [4.69, 9.17) is 4.74 Å². The Morgan fingerprint density at radius 3 is 3.00 bits per heavy atom. The molecule has 0 bridgehead atoms. The van der Waals surface area contributed by atoms with Crippen molar-refractivity contribution >= 4 is 0 Å². The molecule has 0 saturated carbocycles. The zero-order chi connectivity index (χ0) is 9.52. The molecule has 3 nitrogen and oxygen atoms in total. The fourth-order valence-electron chi connectivity index (χ4n) is 1.52. The van der Waals surface area contributed by atoms with Gasteiger partial charge in [0.25, 0.3) is 0 Å². The van der Waals surface area contributed by atoms with Gasteiger partial charge in [-0.2, -0.15) is 0 Å². The Morgan fingerprint density at radius 2 is 2.38 bits per heavy atom. The summed E-state index contributed by atoms with van der Waals surface area (Å²) in [7, 11) is 2.15. The molecule has 0 spiro atoms. The minimum Gasteiger partial charge on any atom is -0.380 e. The molecule has 0 aromatic carbocycles. The summed E-state index contributed by atoms with van der Waals surface area (Å²) < 4.78 is 5.39. The van der Waals surface area contributed by atoms with Crippen LogP contribution < -0.4 is 5.32 Å². The Balaban J connectivity index is 1.98. The van der Waals surface area contributed by atoms with Gasteiger partial charge < -0.3 is 15.0 Å². The van der Waals surface area contributed by atoms with Crippen LogP contribution in [0.5, 0.6) is 0 Å². The van der Waals surface area contributed by atoms with Crippen molar-refractivity contribution in [3.8, 4) is 0 Å². The molecule has 0 aliphatic carbocycles. The smallest absolute Gasteiger partial charge is 0.0619 e. The highest BCUT2D eigenvalue weighted by atomic mass is 16.5. The van der Waals surface area contributed by atoms with Crippen LogP contribution in [0.2, 0.25) is 0 Å². The Labute approximate surface area is 81.4 Å². The van der Waals surface area contributed by atoms with E-state index in [1.165, 1.54) is 12.8 Å². The van der Waals surface area contributed by atoms with Gasteiger partial charge in [0, 0.05) is 25.7 Å². The van der Waals surface area contributed by atoms with Crippen LogP contribution in [0.4, 0.5) is 0 Å². The van der Waals surface area contributed by atoms with Crippen molar-refractivity contribution in [3.63, 3.8) is 0 Å². The van der Waals surface area contributed by atoms with Gasteiger partial charge in [-0.15, -0.1) is 0 Å². The second kappa shape index (κ2) is 6.35. The van der Waals surface area contributed by atoms with Gasteiger partial charge in [-0.05, 0) is 26.4 Å². The lowest BCUT2D eigenvalue weighted by atomic mass is 10.1. The van der Waals surface area contributed by atoms with Gasteiger partial charge in [0.2, 0.25) is 0 Å². The molecule has 1 N–H and O–H groups in total. The summed E-state index contributed by atoms with van der Waals surface area (Å²) in [5.41, 5.74) is 0. The van der Waals surface area contributed by atoms with Crippen molar-refractivity contribution in [1.29, 1.82) is 0 Å². The first-order valence-corrected chi connectivity index (χ1v) is 5.32. The highest BCUT2D eigenvalue weighted by Crippen LogP contribution is 2.04. The maximum absolute atomic E-state index is 5.39. The third-order valence-electron chi connectivity index (χ3n) is 2.63. The van der Waals surface area contributed by atoms with Gasteiger partial charge in [-0.3, -0.25) is 0 Å². The van der Waals surface area contributed by atoms with E-state index in [0.717, 1.165) is 32.8 Å². The van der Waals surface area contributed by atoms with E-state index in [9.17, 15) is 0 Å². The molecule has 13 heavy (non-hydrogen) atoms. The van der Waals surface area contributed by atoms with Crippen LogP contribution in [0.25, 0.3) is 0 Å². The first-order valence-electron chi connectivity index (χ1n) is 5.32. The maximum Gasteiger partial charge on any atom is 0.0619 e. The van der Waals surface area contributed by atoms with Crippen molar-refractivity contribution in [2.45, 2.75) is 25.8 Å². The predicted octanol–water partition coefficient (Wildman–Crippen LogP) is 0.707. The van der Waals surface area contributed by atoms with Gasteiger partial charge in [-0.1, -0.05) is 6.92 Å². The number of likely N-dealkylation sites (N-methyl/N-ethyl adjacent to an activating group) is 1. The van der Waals surface area contributed by atoms with Crippen LogP contribution in [-0.4, -0.2) is 50.8 Å². The SMILES string of the molecule is CCN(C)CCNC1CCCOC1. The molecule has 1 aliphatic rings. The molecule has 1 heterocycles. The van der Waals surface area contributed by atoms with E-state index in [2.05, 4.69) is 24.2 Å². The lowest BCUT2D eigenvalue weighted by Gasteiger charge is -2.24. The van der Waals surface area contributed by atoms with E-state index in [-0.39, 0.29) is 0 Å². The molecule has 1 rings (SSSR count).